The number of hydrogen-bond acceptors (Lipinski definition) is 5. The molecule has 0 spiro atoms. The maximum atomic E-state index is 11.1. The van der Waals surface area contributed by atoms with E-state index in [4.69, 9.17) is 9.63 Å². The van der Waals surface area contributed by atoms with Gasteiger partial charge in [-0.05, 0) is 19.3 Å². The molecule has 0 radical (unpaired) electrons. The lowest BCUT2D eigenvalue weighted by Crippen LogP contribution is -2.16. The van der Waals surface area contributed by atoms with Gasteiger partial charge in [-0.15, -0.1) is 0 Å². The van der Waals surface area contributed by atoms with Crippen LogP contribution in [0.2, 0.25) is 0 Å². The van der Waals surface area contributed by atoms with Crippen molar-refractivity contribution in [2.45, 2.75) is 39.2 Å². The van der Waals surface area contributed by atoms with Gasteiger partial charge in [0.15, 0.2) is 0 Å². The molecule has 1 unspecified atom stereocenters. The summed E-state index contributed by atoms with van der Waals surface area (Å²) < 4.78 is 20.4. The molecule has 0 aromatic carbocycles. The number of aliphatic hydroxyl groups is 1. The first-order valence-corrected chi connectivity index (χ1v) is 6.26. The van der Waals surface area contributed by atoms with E-state index in [-0.39, 0.29) is 19.3 Å². The Bertz CT molecular complexity index is 181. The van der Waals surface area contributed by atoms with Crippen LogP contribution in [0, 0.1) is 0 Å². The van der Waals surface area contributed by atoms with E-state index in [0.717, 1.165) is 0 Å². The fourth-order valence-corrected chi connectivity index (χ4v) is 1.97. The lowest BCUT2D eigenvalue weighted by Gasteiger charge is -2.26. The van der Waals surface area contributed by atoms with Crippen molar-refractivity contribution in [1.29, 1.82) is 0 Å². The first kappa shape index (κ1) is 14.1. The predicted molar refractivity (Wildman–Crippen MR) is 50.7 cm³/mol. The van der Waals surface area contributed by atoms with Crippen molar-refractivity contribution < 1.29 is 23.6 Å². The molecule has 0 saturated heterocycles. The van der Waals surface area contributed by atoms with E-state index in [0.29, 0.717) is 19.3 Å². The summed E-state index contributed by atoms with van der Waals surface area (Å²) >= 11 is 0. The van der Waals surface area contributed by atoms with Crippen LogP contribution >= 0.6 is 7.82 Å². The Hall–Kier alpha value is 0.0700. The second kappa shape index (κ2) is 7.37. The smallest absolute Gasteiger partial charge is 0.268 e. The normalized spacial score (nSPS) is 15.8. The minimum absolute atomic E-state index is 0.0303. The molecule has 0 aromatic rings. The van der Waals surface area contributed by atoms with Crippen molar-refractivity contribution in [3.05, 3.63) is 0 Å². The molecule has 0 aliphatic heterocycles. The van der Waals surface area contributed by atoms with Gasteiger partial charge in [-0.3, -0.25) is 4.57 Å². The molecule has 86 valence electrons. The van der Waals surface area contributed by atoms with Crippen molar-refractivity contribution in [3.63, 3.8) is 0 Å². The molecule has 0 aliphatic carbocycles. The van der Waals surface area contributed by atoms with E-state index in [1.807, 2.05) is 13.8 Å². The Labute approximate surface area is 84.7 Å². The average Bonchev–Trinajstić information content (AvgIpc) is 2.14. The first-order valence-electron chi connectivity index (χ1n) is 4.80. The van der Waals surface area contributed by atoms with Gasteiger partial charge < -0.3 is 19.0 Å². The highest BCUT2D eigenvalue weighted by atomic mass is 31.2. The number of phosphoric acid groups is 1. The van der Waals surface area contributed by atoms with Crippen LogP contribution in [0.15, 0.2) is 0 Å². The van der Waals surface area contributed by atoms with E-state index in [2.05, 4.69) is 4.52 Å². The van der Waals surface area contributed by atoms with Gasteiger partial charge in [0.05, 0.1) is 12.7 Å². The minimum Gasteiger partial charge on any atom is -0.756 e. The summed E-state index contributed by atoms with van der Waals surface area (Å²) in [6.07, 6.45) is 1.24. The average molecular weight is 225 g/mol. The third-order valence-corrected chi connectivity index (χ3v) is 2.80. The number of phosphoric ester groups is 1. The molecule has 0 amide bonds. The van der Waals surface area contributed by atoms with Gasteiger partial charge in [-0.1, -0.05) is 13.8 Å². The summed E-state index contributed by atoms with van der Waals surface area (Å²) in [5.41, 5.74) is 0. The van der Waals surface area contributed by atoms with Crippen LogP contribution in [0.4, 0.5) is 0 Å². The zero-order chi connectivity index (χ0) is 11.0. The lowest BCUT2D eigenvalue weighted by molar-refractivity contribution is -0.229. The molecular weight excluding hydrogens is 207 g/mol. The van der Waals surface area contributed by atoms with Crippen LogP contribution in [-0.4, -0.2) is 24.4 Å². The Morgan fingerprint density at radius 1 is 1.43 bits per heavy atom. The zero-order valence-corrected chi connectivity index (χ0v) is 9.53. The maximum Gasteiger partial charge on any atom is 0.268 e. The fourth-order valence-electron chi connectivity index (χ4n) is 0.892. The highest BCUT2D eigenvalue weighted by Crippen LogP contribution is 2.40. The van der Waals surface area contributed by atoms with Gasteiger partial charge in [-0.25, -0.2) is 0 Å². The van der Waals surface area contributed by atoms with Crippen molar-refractivity contribution in [2.24, 2.45) is 0 Å². The molecule has 0 aliphatic rings. The predicted octanol–water partition coefficient (Wildman–Crippen LogP) is 1.06. The Kier molecular flexibility index (Phi) is 7.41. The number of hydrogen-bond donors (Lipinski definition) is 1. The summed E-state index contributed by atoms with van der Waals surface area (Å²) in [7, 11) is -4.17. The third-order valence-electron chi connectivity index (χ3n) is 1.74. The van der Waals surface area contributed by atoms with Gasteiger partial charge in [0, 0.05) is 6.61 Å². The van der Waals surface area contributed by atoms with Crippen molar-refractivity contribution in [3.8, 4) is 0 Å². The lowest BCUT2D eigenvalue weighted by atomic mass is 10.2. The highest BCUT2D eigenvalue weighted by molar-refractivity contribution is 7.45. The van der Waals surface area contributed by atoms with Crippen molar-refractivity contribution in [2.75, 3.05) is 13.2 Å². The molecule has 0 rings (SSSR count). The number of aliphatic hydroxyl groups excluding tert-OH is 1. The van der Waals surface area contributed by atoms with Crippen LogP contribution in [0.3, 0.4) is 0 Å². The third kappa shape index (κ3) is 6.51. The maximum absolute atomic E-state index is 11.1. The van der Waals surface area contributed by atoms with E-state index < -0.39 is 7.82 Å². The summed E-state index contributed by atoms with van der Waals surface area (Å²) in [5, 5.41) is 8.42. The first-order chi connectivity index (χ1) is 6.55. The molecule has 0 saturated carbocycles. The fraction of sp³-hybridized carbons (Fsp3) is 1.00. The van der Waals surface area contributed by atoms with Gasteiger partial charge >= 0.3 is 0 Å². The molecule has 0 heterocycles. The molecule has 14 heavy (non-hydrogen) atoms. The van der Waals surface area contributed by atoms with Gasteiger partial charge in [0.25, 0.3) is 7.82 Å². The van der Waals surface area contributed by atoms with E-state index >= 15 is 0 Å². The highest BCUT2D eigenvalue weighted by Gasteiger charge is 2.14. The Morgan fingerprint density at radius 2 is 2.00 bits per heavy atom. The summed E-state index contributed by atoms with van der Waals surface area (Å²) in [6.45, 7) is 3.58. The largest absolute Gasteiger partial charge is 0.756 e. The monoisotopic (exact) mass is 225 g/mol. The zero-order valence-electron chi connectivity index (χ0n) is 8.64. The van der Waals surface area contributed by atoms with Crippen molar-refractivity contribution >= 4 is 7.82 Å². The van der Waals surface area contributed by atoms with Crippen LogP contribution in [0.1, 0.15) is 33.1 Å². The minimum atomic E-state index is -4.17. The van der Waals surface area contributed by atoms with E-state index in [9.17, 15) is 9.46 Å². The van der Waals surface area contributed by atoms with Crippen LogP contribution in [-0.2, 0) is 13.6 Å². The molecule has 1 N–H and O–H groups in total. The van der Waals surface area contributed by atoms with E-state index in [1.165, 1.54) is 0 Å². The quantitative estimate of drug-likeness (QED) is 0.493. The van der Waals surface area contributed by atoms with Gasteiger partial charge in [0.1, 0.15) is 0 Å². The molecule has 5 nitrogen and oxygen atoms in total. The number of rotatable bonds is 8. The van der Waals surface area contributed by atoms with Crippen LogP contribution in [0.5, 0.6) is 0 Å². The topological polar surface area (TPSA) is 78.8 Å². The molecular formula is C8H18O5P-. The Morgan fingerprint density at radius 3 is 2.43 bits per heavy atom. The van der Waals surface area contributed by atoms with Gasteiger partial charge in [-0.2, -0.15) is 0 Å². The van der Waals surface area contributed by atoms with Crippen molar-refractivity contribution in [1.82, 2.24) is 0 Å². The second-order valence-corrected chi connectivity index (χ2v) is 4.26. The molecule has 0 aromatic heterocycles. The van der Waals surface area contributed by atoms with Gasteiger partial charge in [0.2, 0.25) is 0 Å². The molecule has 0 bridgehead atoms. The summed E-state index contributed by atoms with van der Waals surface area (Å²) in [5.74, 6) is 0. The SMILES string of the molecule is CCC(CC)OP(=O)([O-])OCCCO. The second-order valence-electron chi connectivity index (χ2n) is 2.90. The molecule has 6 heteroatoms. The standard InChI is InChI=1S/C8H19O5P/c1-3-8(4-2)13-14(10,11)12-7-5-6-9/h8-9H,3-7H2,1-2H3,(H,10,11)/p-1. The van der Waals surface area contributed by atoms with Crippen LogP contribution in [0.25, 0.3) is 0 Å². The van der Waals surface area contributed by atoms with Crippen LogP contribution < -0.4 is 4.89 Å². The summed E-state index contributed by atoms with van der Waals surface area (Å²) in [4.78, 5) is 11.1. The van der Waals surface area contributed by atoms with E-state index in [1.54, 1.807) is 0 Å². The Balaban J connectivity index is 3.86. The molecule has 0 fully saturated rings. The summed E-state index contributed by atoms with van der Waals surface area (Å²) in [6, 6.07) is 0. The molecule has 1 atom stereocenters.